The third-order valence-electron chi connectivity index (χ3n) is 7.61. The van der Waals surface area contributed by atoms with Gasteiger partial charge in [-0.3, -0.25) is 10.1 Å². The van der Waals surface area contributed by atoms with Gasteiger partial charge >= 0.3 is 6.36 Å². The Morgan fingerprint density at radius 1 is 1.07 bits per heavy atom. The van der Waals surface area contributed by atoms with Crippen LogP contribution in [0.5, 0.6) is 5.75 Å². The number of non-ortho nitro benzene ring substituents is 1. The van der Waals surface area contributed by atoms with E-state index in [4.69, 9.17) is 4.42 Å². The first-order valence-corrected chi connectivity index (χ1v) is 13.4. The number of piperidine rings is 1. The zero-order valence-corrected chi connectivity index (χ0v) is 22.1. The Bertz CT molecular complexity index is 1300. The number of oxazole rings is 1. The minimum atomic E-state index is -4.74. The molecular formula is C28H32F3N5O4. The maximum Gasteiger partial charge on any atom is 0.573 e. The van der Waals surface area contributed by atoms with Gasteiger partial charge in [-0.05, 0) is 69.0 Å². The predicted octanol–water partition coefficient (Wildman–Crippen LogP) is 6.52. The van der Waals surface area contributed by atoms with Crippen LogP contribution in [0.1, 0.15) is 45.4 Å². The molecule has 1 aromatic heterocycles. The van der Waals surface area contributed by atoms with Crippen molar-refractivity contribution in [1.29, 1.82) is 0 Å². The first-order valence-electron chi connectivity index (χ1n) is 13.4. The third-order valence-corrected chi connectivity index (χ3v) is 7.61. The van der Waals surface area contributed by atoms with Crippen molar-refractivity contribution in [2.45, 2.75) is 69.4 Å². The summed E-state index contributed by atoms with van der Waals surface area (Å²) < 4.78 is 47.2. The van der Waals surface area contributed by atoms with Crippen molar-refractivity contribution in [2.24, 2.45) is 0 Å². The molecule has 0 unspecified atom stereocenters. The standard InChI is InChI=1S/C28H32F3N5O4/c1-27(15-4-16-35(18-27)20-9-11-21(12-10-20)36(37)38)34-24-6-3-2-5-23(24)33-26-32-17-25(39-26)19-7-13-22(14-8-19)40-28(29,30)31/h7-14,17,23-24,34H,2-6,15-16,18H2,1H3,(H,32,33)/t23-,24-,27+/m1/s1. The SMILES string of the molecule is C[C@]1(N[C@@H]2CCCC[C@H]2Nc2ncc(-c3ccc(OC(F)(F)F)cc3)o2)CCCN(c2ccc([N+](=O)[O-])cc2)C1. The number of ether oxygens (including phenoxy) is 1. The molecule has 2 aromatic carbocycles. The number of halogens is 3. The summed E-state index contributed by atoms with van der Waals surface area (Å²) in [6, 6.07) is 12.8. The number of nitro benzene ring substituents is 1. The Morgan fingerprint density at radius 2 is 1.77 bits per heavy atom. The molecule has 2 N–H and O–H groups in total. The molecule has 0 radical (unpaired) electrons. The molecule has 1 saturated carbocycles. The molecule has 214 valence electrons. The number of nitrogens with one attached hydrogen (secondary N) is 2. The van der Waals surface area contributed by atoms with Gasteiger partial charge in [-0.2, -0.15) is 0 Å². The van der Waals surface area contributed by atoms with E-state index in [1.807, 2.05) is 12.1 Å². The average molecular weight is 560 g/mol. The van der Waals surface area contributed by atoms with Gasteiger partial charge in [0.1, 0.15) is 5.75 Å². The summed E-state index contributed by atoms with van der Waals surface area (Å²) in [6.07, 6.45) is 2.96. The number of anilines is 2. The van der Waals surface area contributed by atoms with Crippen molar-refractivity contribution in [1.82, 2.24) is 10.3 Å². The first-order chi connectivity index (χ1) is 19.1. The smallest absolute Gasteiger partial charge is 0.424 e. The van der Waals surface area contributed by atoms with E-state index in [-0.39, 0.29) is 34.0 Å². The summed E-state index contributed by atoms with van der Waals surface area (Å²) in [4.78, 5) is 17.3. The Labute approximate surface area is 229 Å². The van der Waals surface area contributed by atoms with Gasteiger partial charge in [0, 0.05) is 54.1 Å². The molecule has 3 aromatic rings. The lowest BCUT2D eigenvalue weighted by atomic mass is 9.84. The highest BCUT2D eigenvalue weighted by molar-refractivity contribution is 5.58. The normalized spacial score (nSPS) is 23.6. The molecule has 0 spiro atoms. The quantitative estimate of drug-likeness (QED) is 0.237. The topological polar surface area (TPSA) is 106 Å². The highest BCUT2D eigenvalue weighted by Crippen LogP contribution is 2.32. The summed E-state index contributed by atoms with van der Waals surface area (Å²) in [7, 11) is 0. The van der Waals surface area contributed by atoms with Crippen molar-refractivity contribution in [2.75, 3.05) is 23.3 Å². The number of aromatic nitrogens is 1. The van der Waals surface area contributed by atoms with E-state index >= 15 is 0 Å². The monoisotopic (exact) mass is 559 g/mol. The van der Waals surface area contributed by atoms with Crippen molar-refractivity contribution >= 4 is 17.4 Å². The number of hydrogen-bond acceptors (Lipinski definition) is 8. The van der Waals surface area contributed by atoms with Gasteiger partial charge in [0.25, 0.3) is 11.7 Å². The molecule has 5 rings (SSSR count). The van der Waals surface area contributed by atoms with Crippen molar-refractivity contribution in [3.63, 3.8) is 0 Å². The molecular weight excluding hydrogens is 527 g/mol. The van der Waals surface area contributed by atoms with E-state index < -0.39 is 6.36 Å². The molecule has 3 atom stereocenters. The van der Waals surface area contributed by atoms with Gasteiger partial charge < -0.3 is 24.7 Å². The fraction of sp³-hybridized carbons (Fsp3) is 0.464. The Balaban J connectivity index is 1.22. The van der Waals surface area contributed by atoms with Crippen LogP contribution in [0.15, 0.2) is 59.1 Å². The Kier molecular flexibility index (Phi) is 7.88. The summed E-state index contributed by atoms with van der Waals surface area (Å²) in [5.74, 6) is 0.146. The third kappa shape index (κ3) is 6.85. The van der Waals surface area contributed by atoms with Crippen LogP contribution in [0.4, 0.5) is 30.6 Å². The van der Waals surface area contributed by atoms with Crippen LogP contribution in [0.3, 0.4) is 0 Å². The number of nitrogens with zero attached hydrogens (tertiary/aromatic N) is 3. The van der Waals surface area contributed by atoms with E-state index in [0.29, 0.717) is 17.3 Å². The lowest BCUT2D eigenvalue weighted by molar-refractivity contribution is -0.384. The van der Waals surface area contributed by atoms with E-state index in [9.17, 15) is 23.3 Å². The highest BCUT2D eigenvalue weighted by atomic mass is 19.4. The van der Waals surface area contributed by atoms with Crippen LogP contribution in [0.2, 0.25) is 0 Å². The minimum Gasteiger partial charge on any atom is -0.424 e. The van der Waals surface area contributed by atoms with E-state index in [1.165, 1.54) is 24.3 Å². The van der Waals surface area contributed by atoms with Gasteiger partial charge in [0.15, 0.2) is 5.76 Å². The summed E-state index contributed by atoms with van der Waals surface area (Å²) in [6.45, 7) is 3.90. The van der Waals surface area contributed by atoms with Crippen LogP contribution in [-0.2, 0) is 0 Å². The molecule has 12 heteroatoms. The summed E-state index contributed by atoms with van der Waals surface area (Å²) >= 11 is 0. The zero-order chi connectivity index (χ0) is 28.3. The predicted molar refractivity (Wildman–Crippen MR) is 144 cm³/mol. The molecule has 2 fully saturated rings. The minimum absolute atomic E-state index is 0.0833. The zero-order valence-electron chi connectivity index (χ0n) is 22.1. The van der Waals surface area contributed by atoms with Crippen molar-refractivity contribution < 1.29 is 27.2 Å². The summed E-state index contributed by atoms with van der Waals surface area (Å²) in [5, 5.41) is 18.4. The maximum atomic E-state index is 12.4. The fourth-order valence-corrected chi connectivity index (χ4v) is 5.74. The second-order valence-corrected chi connectivity index (χ2v) is 10.7. The number of benzene rings is 2. The van der Waals surface area contributed by atoms with Gasteiger partial charge in [0.2, 0.25) is 0 Å². The fourth-order valence-electron chi connectivity index (χ4n) is 5.74. The van der Waals surface area contributed by atoms with Gasteiger partial charge in [-0.15, -0.1) is 13.2 Å². The van der Waals surface area contributed by atoms with E-state index in [1.54, 1.807) is 18.3 Å². The maximum absolute atomic E-state index is 12.4. The molecule has 1 saturated heterocycles. The highest BCUT2D eigenvalue weighted by Gasteiger charge is 2.37. The van der Waals surface area contributed by atoms with Crippen LogP contribution in [0.25, 0.3) is 11.3 Å². The molecule has 2 aliphatic rings. The average Bonchev–Trinajstić information content (AvgIpc) is 3.38. The van der Waals surface area contributed by atoms with Crippen molar-refractivity contribution in [3.8, 4) is 17.1 Å². The van der Waals surface area contributed by atoms with Crippen LogP contribution < -0.4 is 20.3 Å². The second kappa shape index (κ2) is 11.4. The molecule has 1 aliphatic carbocycles. The Hall–Kier alpha value is -3.80. The molecule has 1 aliphatic heterocycles. The largest absolute Gasteiger partial charge is 0.573 e. The molecule has 9 nitrogen and oxygen atoms in total. The van der Waals surface area contributed by atoms with E-state index in [0.717, 1.165) is 57.3 Å². The first kappa shape index (κ1) is 27.8. The molecule has 40 heavy (non-hydrogen) atoms. The van der Waals surface area contributed by atoms with Crippen molar-refractivity contribution in [3.05, 3.63) is 64.8 Å². The molecule has 0 amide bonds. The number of hydrogen-bond donors (Lipinski definition) is 2. The Morgan fingerprint density at radius 3 is 2.45 bits per heavy atom. The molecule has 2 heterocycles. The van der Waals surface area contributed by atoms with Crippen LogP contribution in [-0.4, -0.2) is 47.0 Å². The van der Waals surface area contributed by atoms with E-state index in [2.05, 4.69) is 32.2 Å². The van der Waals surface area contributed by atoms with Gasteiger partial charge in [-0.25, -0.2) is 4.98 Å². The number of nitro groups is 1. The van der Waals surface area contributed by atoms with Gasteiger partial charge in [0.05, 0.1) is 11.1 Å². The number of rotatable bonds is 8. The lowest BCUT2D eigenvalue weighted by Gasteiger charge is -2.46. The van der Waals surface area contributed by atoms with Crippen LogP contribution in [0, 0.1) is 10.1 Å². The number of alkyl halides is 3. The lowest BCUT2D eigenvalue weighted by Crippen LogP contribution is -2.61. The summed E-state index contributed by atoms with van der Waals surface area (Å²) in [5.41, 5.74) is 1.50. The molecule has 0 bridgehead atoms. The van der Waals surface area contributed by atoms with Gasteiger partial charge in [-0.1, -0.05) is 12.8 Å². The second-order valence-electron chi connectivity index (χ2n) is 10.7. The van der Waals surface area contributed by atoms with Crippen LogP contribution >= 0.6 is 0 Å².